The van der Waals surface area contributed by atoms with Crippen molar-refractivity contribution in [1.29, 1.82) is 5.26 Å². The van der Waals surface area contributed by atoms with Crippen LogP contribution in [0.25, 0.3) is 23.0 Å². The minimum atomic E-state index is -0.313. The lowest BCUT2D eigenvalue weighted by Crippen LogP contribution is -2.41. The highest BCUT2D eigenvalue weighted by Crippen LogP contribution is 2.33. The molecule has 0 aliphatic carbocycles. The number of para-hydroxylation sites is 1. The first kappa shape index (κ1) is 24.5. The minimum Gasteiger partial charge on any atom is -0.492 e. The summed E-state index contributed by atoms with van der Waals surface area (Å²) < 4.78 is 12.8. The van der Waals surface area contributed by atoms with Crippen LogP contribution in [0.15, 0.2) is 60.3 Å². The normalized spacial score (nSPS) is 14.0. The largest absolute Gasteiger partial charge is 0.492 e. The molecule has 0 spiro atoms. The van der Waals surface area contributed by atoms with Gasteiger partial charge in [0.25, 0.3) is 5.91 Å². The lowest BCUT2D eigenvalue weighted by molar-refractivity contribution is -0.130. The number of carbonyl (C=O) groups is 1. The van der Waals surface area contributed by atoms with Gasteiger partial charge in [-0.15, -0.1) is 0 Å². The van der Waals surface area contributed by atoms with Crippen LogP contribution in [0, 0.1) is 11.3 Å². The summed E-state index contributed by atoms with van der Waals surface area (Å²) in [6.45, 7) is 4.55. The van der Waals surface area contributed by atoms with Gasteiger partial charge >= 0.3 is 0 Å². The highest BCUT2D eigenvalue weighted by atomic mass is 35.5. The molecule has 2 aromatic carbocycles. The Labute approximate surface area is 210 Å². The summed E-state index contributed by atoms with van der Waals surface area (Å²) >= 11 is 6.52. The van der Waals surface area contributed by atoms with Crippen LogP contribution in [-0.4, -0.2) is 53.5 Å². The average molecular weight is 491 g/mol. The number of amides is 1. The van der Waals surface area contributed by atoms with Crippen LogP contribution in [0.5, 0.6) is 5.75 Å². The fourth-order valence-electron chi connectivity index (χ4n) is 3.76. The minimum absolute atomic E-state index is 0.0476. The van der Waals surface area contributed by atoms with Gasteiger partial charge < -0.3 is 14.4 Å². The zero-order valence-corrected chi connectivity index (χ0v) is 20.4. The summed E-state index contributed by atoms with van der Waals surface area (Å²) in [7, 11) is 0. The van der Waals surface area contributed by atoms with Crippen LogP contribution in [-0.2, 0) is 9.53 Å². The molecule has 1 saturated heterocycles. The number of hydrogen-bond acceptors (Lipinski definition) is 5. The Morgan fingerprint density at radius 3 is 2.69 bits per heavy atom. The molecule has 4 rings (SSSR count). The van der Waals surface area contributed by atoms with E-state index in [-0.39, 0.29) is 11.5 Å². The van der Waals surface area contributed by atoms with Crippen molar-refractivity contribution in [3.8, 4) is 28.8 Å². The maximum atomic E-state index is 13.0. The third kappa shape index (κ3) is 5.91. The number of hydrogen-bond donors (Lipinski definition) is 0. The number of nitrogens with zero attached hydrogens (tertiary/aromatic N) is 4. The number of halogens is 1. The van der Waals surface area contributed by atoms with E-state index in [4.69, 9.17) is 26.2 Å². The van der Waals surface area contributed by atoms with Crippen molar-refractivity contribution >= 4 is 23.6 Å². The maximum absolute atomic E-state index is 13.0. The molecule has 1 amide bonds. The van der Waals surface area contributed by atoms with Crippen molar-refractivity contribution < 1.29 is 14.3 Å². The molecule has 1 aliphatic rings. The molecule has 0 bridgehead atoms. The van der Waals surface area contributed by atoms with Gasteiger partial charge in [-0.2, -0.15) is 10.4 Å². The first-order valence-electron chi connectivity index (χ1n) is 11.7. The Hall–Kier alpha value is -3.60. The molecule has 0 radical (unpaired) electrons. The van der Waals surface area contributed by atoms with E-state index in [0.29, 0.717) is 54.9 Å². The first-order valence-corrected chi connectivity index (χ1v) is 12.0. The molecule has 1 fully saturated rings. The van der Waals surface area contributed by atoms with E-state index in [2.05, 4.69) is 13.0 Å². The first-order chi connectivity index (χ1) is 17.1. The van der Waals surface area contributed by atoms with Gasteiger partial charge in [0.05, 0.1) is 30.5 Å². The number of rotatable bonds is 8. The van der Waals surface area contributed by atoms with Crippen LogP contribution in [0.1, 0.15) is 25.3 Å². The van der Waals surface area contributed by atoms with Gasteiger partial charge in [0.15, 0.2) is 0 Å². The molecule has 0 N–H and O–H groups in total. The topological polar surface area (TPSA) is 80.4 Å². The zero-order chi connectivity index (χ0) is 24.6. The molecule has 180 valence electrons. The molecular weight excluding hydrogens is 464 g/mol. The van der Waals surface area contributed by atoms with Gasteiger partial charge in [0.1, 0.15) is 23.1 Å². The Morgan fingerprint density at radius 1 is 1.23 bits per heavy atom. The second-order valence-corrected chi connectivity index (χ2v) is 8.54. The molecule has 0 saturated carbocycles. The van der Waals surface area contributed by atoms with Crippen molar-refractivity contribution in [1.82, 2.24) is 14.7 Å². The molecule has 2 heterocycles. The Kier molecular flexibility index (Phi) is 8.19. The van der Waals surface area contributed by atoms with E-state index in [0.717, 1.165) is 24.1 Å². The van der Waals surface area contributed by atoms with Gasteiger partial charge in [-0.3, -0.25) is 4.79 Å². The van der Waals surface area contributed by atoms with Crippen molar-refractivity contribution in [3.63, 3.8) is 0 Å². The van der Waals surface area contributed by atoms with E-state index in [1.165, 1.54) is 0 Å². The monoisotopic (exact) mass is 490 g/mol. The summed E-state index contributed by atoms with van der Waals surface area (Å²) in [4.78, 5) is 14.6. The zero-order valence-electron chi connectivity index (χ0n) is 19.6. The van der Waals surface area contributed by atoms with E-state index in [1.807, 2.05) is 48.7 Å². The Bertz CT molecular complexity index is 1240. The second kappa shape index (κ2) is 11.7. The fourth-order valence-corrected chi connectivity index (χ4v) is 3.99. The van der Waals surface area contributed by atoms with Crippen LogP contribution in [0.2, 0.25) is 5.02 Å². The quantitative estimate of drug-likeness (QED) is 0.248. The highest BCUT2D eigenvalue weighted by molar-refractivity contribution is 6.32. The maximum Gasteiger partial charge on any atom is 0.264 e. The van der Waals surface area contributed by atoms with Crippen molar-refractivity contribution in [2.75, 3.05) is 32.9 Å². The third-order valence-electron chi connectivity index (χ3n) is 5.67. The van der Waals surface area contributed by atoms with E-state index >= 15 is 0 Å². The molecule has 3 aromatic rings. The van der Waals surface area contributed by atoms with Crippen LogP contribution >= 0.6 is 11.6 Å². The van der Waals surface area contributed by atoms with Crippen LogP contribution < -0.4 is 4.74 Å². The number of morpholine rings is 1. The summed E-state index contributed by atoms with van der Waals surface area (Å²) in [6, 6.07) is 17.2. The Balaban J connectivity index is 1.73. The lowest BCUT2D eigenvalue weighted by atomic mass is 10.1. The number of carbonyl (C=O) groups excluding carboxylic acids is 1. The smallest absolute Gasteiger partial charge is 0.264 e. The van der Waals surface area contributed by atoms with Crippen molar-refractivity contribution in [2.45, 2.75) is 19.8 Å². The average Bonchev–Trinajstić information content (AvgIpc) is 3.33. The molecule has 0 unspecified atom stereocenters. The predicted octanol–water partition coefficient (Wildman–Crippen LogP) is 5.14. The number of unbranched alkanes of at least 4 members (excludes halogenated alkanes) is 1. The van der Waals surface area contributed by atoms with Crippen LogP contribution in [0.4, 0.5) is 0 Å². The molecule has 8 heteroatoms. The lowest BCUT2D eigenvalue weighted by Gasteiger charge is -2.26. The summed E-state index contributed by atoms with van der Waals surface area (Å²) in [5.74, 6) is 0.301. The number of aromatic nitrogens is 2. The molecular formula is C27H27ClN4O3. The highest BCUT2D eigenvalue weighted by Gasteiger charge is 2.22. The van der Waals surface area contributed by atoms with E-state index < -0.39 is 0 Å². The van der Waals surface area contributed by atoms with Crippen molar-refractivity contribution in [2.24, 2.45) is 0 Å². The predicted molar refractivity (Wildman–Crippen MR) is 135 cm³/mol. The number of nitriles is 1. The van der Waals surface area contributed by atoms with E-state index in [9.17, 15) is 10.1 Å². The van der Waals surface area contributed by atoms with Crippen molar-refractivity contribution in [3.05, 3.63) is 70.9 Å². The third-order valence-corrected chi connectivity index (χ3v) is 5.97. The molecule has 1 aliphatic heterocycles. The molecule has 0 atom stereocenters. The Morgan fingerprint density at radius 2 is 2.00 bits per heavy atom. The molecule has 1 aromatic heterocycles. The van der Waals surface area contributed by atoms with E-state index in [1.54, 1.807) is 21.7 Å². The molecule has 7 nitrogen and oxygen atoms in total. The fraction of sp³-hybridized carbons (Fsp3) is 0.296. The second-order valence-electron chi connectivity index (χ2n) is 8.13. The number of benzene rings is 2. The van der Waals surface area contributed by atoms with Gasteiger partial charge in [-0.25, -0.2) is 4.68 Å². The van der Waals surface area contributed by atoms with Gasteiger partial charge in [-0.1, -0.05) is 43.1 Å². The summed E-state index contributed by atoms with van der Waals surface area (Å²) in [6.07, 6.45) is 5.39. The van der Waals surface area contributed by atoms with Crippen LogP contribution in [0.3, 0.4) is 0 Å². The SMILES string of the molecule is CCCCOc1ccc(-c2nn(-c3ccccc3)cc2C=C(C#N)C(=O)N2CCOCC2)cc1Cl. The number of ether oxygens (including phenoxy) is 2. The van der Waals surface area contributed by atoms with Gasteiger partial charge in [0, 0.05) is 30.4 Å². The summed E-state index contributed by atoms with van der Waals surface area (Å²) in [5.41, 5.74) is 2.92. The summed E-state index contributed by atoms with van der Waals surface area (Å²) in [5, 5.41) is 15.0. The molecule has 35 heavy (non-hydrogen) atoms. The standard InChI is InChI=1S/C27H27ClN4O3/c1-2-3-13-35-25-10-9-20(17-24(25)28)26-22(19-32(30-26)23-7-5-4-6-8-23)16-21(18-29)27(33)31-11-14-34-15-12-31/h4-10,16-17,19H,2-3,11-15H2,1H3. The van der Waals surface area contributed by atoms with Gasteiger partial charge in [0.2, 0.25) is 0 Å². The van der Waals surface area contributed by atoms with Gasteiger partial charge in [-0.05, 0) is 42.8 Å².